The maximum absolute atomic E-state index is 13.1. The Morgan fingerprint density at radius 1 is 1.31 bits per heavy atom. The van der Waals surface area contributed by atoms with E-state index in [2.05, 4.69) is 35.5 Å². The van der Waals surface area contributed by atoms with Gasteiger partial charge in [-0.15, -0.1) is 17.9 Å². The Labute approximate surface area is 176 Å². The molecule has 3 rings (SSSR count). The Bertz CT molecular complexity index is 846. The molecule has 0 unspecified atom stereocenters. The van der Waals surface area contributed by atoms with Crippen molar-refractivity contribution in [3.8, 4) is 10.4 Å². The van der Waals surface area contributed by atoms with Crippen molar-refractivity contribution in [2.24, 2.45) is 5.92 Å². The van der Waals surface area contributed by atoms with Gasteiger partial charge in [-0.2, -0.15) is 0 Å². The SMILES string of the molecule is C=CCNC(=O)[C@@]1(Cc2ccc(-c3cccs3)cc2)CN(C(=O)C(C)C)CCO1. The van der Waals surface area contributed by atoms with Gasteiger partial charge in [0.15, 0.2) is 5.60 Å². The molecule has 0 radical (unpaired) electrons. The molecule has 1 atom stereocenters. The van der Waals surface area contributed by atoms with Gasteiger partial charge >= 0.3 is 0 Å². The summed E-state index contributed by atoms with van der Waals surface area (Å²) in [5, 5.41) is 4.92. The molecule has 2 heterocycles. The van der Waals surface area contributed by atoms with E-state index in [-0.39, 0.29) is 24.3 Å². The molecule has 29 heavy (non-hydrogen) atoms. The highest BCUT2D eigenvalue weighted by molar-refractivity contribution is 7.13. The number of nitrogens with one attached hydrogen (secondary N) is 1. The van der Waals surface area contributed by atoms with E-state index in [1.165, 1.54) is 4.88 Å². The number of rotatable bonds is 7. The lowest BCUT2D eigenvalue weighted by atomic mass is 9.90. The minimum absolute atomic E-state index is 0.0437. The second kappa shape index (κ2) is 9.37. The van der Waals surface area contributed by atoms with Gasteiger partial charge in [-0.3, -0.25) is 9.59 Å². The van der Waals surface area contributed by atoms with Gasteiger partial charge < -0.3 is 15.0 Å². The average Bonchev–Trinajstić information content (AvgIpc) is 3.27. The van der Waals surface area contributed by atoms with Crippen LogP contribution in [0, 0.1) is 5.92 Å². The summed E-state index contributed by atoms with van der Waals surface area (Å²) in [6.07, 6.45) is 2.05. The molecule has 154 valence electrons. The first-order valence-corrected chi connectivity index (χ1v) is 10.8. The van der Waals surface area contributed by atoms with E-state index >= 15 is 0 Å². The van der Waals surface area contributed by atoms with E-state index in [9.17, 15) is 9.59 Å². The summed E-state index contributed by atoms with van der Waals surface area (Å²) in [6, 6.07) is 12.3. The molecule has 1 saturated heterocycles. The lowest BCUT2D eigenvalue weighted by Crippen LogP contribution is -2.62. The van der Waals surface area contributed by atoms with Crippen LogP contribution >= 0.6 is 11.3 Å². The van der Waals surface area contributed by atoms with Crippen LogP contribution < -0.4 is 5.32 Å². The maximum Gasteiger partial charge on any atom is 0.254 e. The summed E-state index contributed by atoms with van der Waals surface area (Å²) in [7, 11) is 0. The normalized spacial score (nSPS) is 19.2. The number of hydrogen-bond donors (Lipinski definition) is 1. The molecule has 0 bridgehead atoms. The highest BCUT2D eigenvalue weighted by Gasteiger charge is 2.45. The molecule has 1 aromatic carbocycles. The summed E-state index contributed by atoms with van der Waals surface area (Å²) in [5.74, 6) is -0.282. The van der Waals surface area contributed by atoms with E-state index < -0.39 is 5.60 Å². The molecule has 2 amide bonds. The molecule has 1 aliphatic heterocycles. The largest absolute Gasteiger partial charge is 0.361 e. The van der Waals surface area contributed by atoms with Crippen LogP contribution in [-0.2, 0) is 20.7 Å². The van der Waals surface area contributed by atoms with Crippen LogP contribution in [0.5, 0.6) is 0 Å². The summed E-state index contributed by atoms with van der Waals surface area (Å²) in [4.78, 5) is 28.6. The smallest absolute Gasteiger partial charge is 0.254 e. The minimum Gasteiger partial charge on any atom is -0.361 e. The first-order chi connectivity index (χ1) is 13.9. The Morgan fingerprint density at radius 3 is 2.69 bits per heavy atom. The number of morpholine rings is 1. The van der Waals surface area contributed by atoms with Gasteiger partial charge in [0.2, 0.25) is 5.91 Å². The Morgan fingerprint density at radius 2 is 2.07 bits per heavy atom. The van der Waals surface area contributed by atoms with Gasteiger partial charge in [-0.05, 0) is 22.6 Å². The zero-order valence-electron chi connectivity index (χ0n) is 17.0. The molecule has 1 N–H and O–H groups in total. The van der Waals surface area contributed by atoms with Crippen molar-refractivity contribution in [2.75, 3.05) is 26.2 Å². The Kier molecular flexibility index (Phi) is 6.87. The number of benzene rings is 1. The average molecular weight is 413 g/mol. The van der Waals surface area contributed by atoms with Crippen LogP contribution in [0.15, 0.2) is 54.4 Å². The van der Waals surface area contributed by atoms with Crippen LogP contribution in [0.3, 0.4) is 0 Å². The third kappa shape index (κ3) is 4.95. The van der Waals surface area contributed by atoms with E-state index in [0.717, 1.165) is 11.1 Å². The molecular formula is C23H28N2O3S. The zero-order chi connectivity index (χ0) is 20.9. The fourth-order valence-electron chi connectivity index (χ4n) is 3.55. The number of carbonyl (C=O) groups is 2. The van der Waals surface area contributed by atoms with E-state index in [0.29, 0.717) is 26.1 Å². The maximum atomic E-state index is 13.1. The van der Waals surface area contributed by atoms with Crippen LogP contribution in [0.2, 0.25) is 0 Å². The molecule has 1 aromatic heterocycles. The highest BCUT2D eigenvalue weighted by atomic mass is 32.1. The first-order valence-electron chi connectivity index (χ1n) is 9.90. The Balaban J connectivity index is 1.84. The molecule has 6 heteroatoms. The monoisotopic (exact) mass is 412 g/mol. The van der Waals surface area contributed by atoms with Gasteiger partial charge in [-0.1, -0.05) is 50.3 Å². The number of amides is 2. The van der Waals surface area contributed by atoms with E-state index in [4.69, 9.17) is 4.74 Å². The molecule has 5 nitrogen and oxygen atoms in total. The number of carbonyl (C=O) groups excluding carboxylic acids is 2. The quantitative estimate of drug-likeness (QED) is 0.708. The zero-order valence-corrected chi connectivity index (χ0v) is 17.8. The van der Waals surface area contributed by atoms with Crippen molar-refractivity contribution in [1.29, 1.82) is 0 Å². The lowest BCUT2D eigenvalue weighted by Gasteiger charge is -2.42. The summed E-state index contributed by atoms with van der Waals surface area (Å²) < 4.78 is 6.05. The summed E-state index contributed by atoms with van der Waals surface area (Å²) in [6.45, 7) is 8.87. The highest BCUT2D eigenvalue weighted by Crippen LogP contribution is 2.28. The van der Waals surface area contributed by atoms with Crippen LogP contribution in [0.1, 0.15) is 19.4 Å². The second-order valence-corrected chi connectivity index (χ2v) is 8.55. The predicted molar refractivity (Wildman–Crippen MR) is 117 cm³/mol. The summed E-state index contributed by atoms with van der Waals surface area (Å²) in [5.41, 5.74) is 1.05. The number of nitrogens with zero attached hydrogens (tertiary/aromatic N) is 1. The number of ether oxygens (including phenoxy) is 1. The molecule has 0 saturated carbocycles. The van der Waals surface area contributed by atoms with Gasteiger partial charge in [0.25, 0.3) is 5.91 Å². The summed E-state index contributed by atoms with van der Waals surface area (Å²) >= 11 is 1.69. The van der Waals surface area contributed by atoms with Crippen molar-refractivity contribution >= 4 is 23.2 Å². The third-order valence-corrected chi connectivity index (χ3v) is 5.98. The van der Waals surface area contributed by atoms with Gasteiger partial charge in [-0.25, -0.2) is 0 Å². The van der Waals surface area contributed by atoms with Crippen molar-refractivity contribution < 1.29 is 14.3 Å². The lowest BCUT2D eigenvalue weighted by molar-refractivity contribution is -0.167. The molecule has 0 aliphatic carbocycles. The first kappa shape index (κ1) is 21.3. The second-order valence-electron chi connectivity index (χ2n) is 7.61. The number of thiophene rings is 1. The molecule has 1 aliphatic rings. The molecular weight excluding hydrogens is 384 g/mol. The van der Waals surface area contributed by atoms with Crippen molar-refractivity contribution in [3.05, 3.63) is 60.0 Å². The molecule has 2 aromatic rings. The van der Waals surface area contributed by atoms with Crippen LogP contribution in [0.4, 0.5) is 0 Å². The van der Waals surface area contributed by atoms with Gasteiger partial charge in [0, 0.05) is 30.3 Å². The van der Waals surface area contributed by atoms with Crippen LogP contribution in [-0.4, -0.2) is 48.6 Å². The van der Waals surface area contributed by atoms with Crippen molar-refractivity contribution in [1.82, 2.24) is 10.2 Å². The van der Waals surface area contributed by atoms with Gasteiger partial charge in [0.05, 0.1) is 13.2 Å². The van der Waals surface area contributed by atoms with E-state index in [1.807, 2.05) is 32.0 Å². The van der Waals surface area contributed by atoms with E-state index in [1.54, 1.807) is 22.3 Å². The standard InChI is InChI=1S/C23H28N2O3S/c1-4-11-24-22(27)23(16-25(12-13-28-23)21(26)17(2)3)15-18-7-9-19(10-8-18)20-6-5-14-29-20/h4-10,14,17H,1,11-13,15-16H2,2-3H3,(H,24,27)/t23-/m1/s1. The minimum atomic E-state index is -1.10. The fraction of sp³-hybridized carbons (Fsp3) is 0.391. The van der Waals surface area contributed by atoms with Crippen molar-refractivity contribution in [3.63, 3.8) is 0 Å². The number of hydrogen-bond acceptors (Lipinski definition) is 4. The van der Waals surface area contributed by atoms with Gasteiger partial charge in [0.1, 0.15) is 0 Å². The predicted octanol–water partition coefficient (Wildman–Crippen LogP) is 3.51. The topological polar surface area (TPSA) is 58.6 Å². The fourth-order valence-corrected chi connectivity index (χ4v) is 4.28. The Hall–Kier alpha value is -2.44. The molecule has 1 fully saturated rings. The molecule has 0 spiro atoms. The van der Waals surface area contributed by atoms with Crippen LogP contribution in [0.25, 0.3) is 10.4 Å². The third-order valence-electron chi connectivity index (χ3n) is 5.06. The van der Waals surface area contributed by atoms with Crippen molar-refractivity contribution in [2.45, 2.75) is 25.9 Å².